The molecule has 0 aliphatic rings. The topological polar surface area (TPSA) is 58.9 Å². The SMILES string of the molecule is NC(=O)Cc1cc(-c2ccccc2)c[nH]1. The third kappa shape index (κ3) is 2.26. The molecule has 15 heavy (non-hydrogen) atoms. The maximum Gasteiger partial charge on any atom is 0.223 e. The lowest BCUT2D eigenvalue weighted by molar-refractivity contribution is -0.117. The summed E-state index contributed by atoms with van der Waals surface area (Å²) in [5.74, 6) is -0.323. The molecule has 0 aliphatic heterocycles. The number of hydrogen-bond donors (Lipinski definition) is 2. The molecular formula is C12H12N2O. The Labute approximate surface area is 87.9 Å². The number of carbonyl (C=O) groups is 1. The van der Waals surface area contributed by atoms with Gasteiger partial charge in [0.15, 0.2) is 0 Å². The summed E-state index contributed by atoms with van der Waals surface area (Å²) < 4.78 is 0. The number of amides is 1. The van der Waals surface area contributed by atoms with E-state index in [4.69, 9.17) is 5.73 Å². The molecule has 1 heterocycles. The second-order valence-electron chi connectivity index (χ2n) is 3.42. The van der Waals surface area contributed by atoms with E-state index < -0.39 is 0 Å². The lowest BCUT2D eigenvalue weighted by atomic mass is 10.1. The van der Waals surface area contributed by atoms with E-state index in [1.54, 1.807) is 0 Å². The van der Waals surface area contributed by atoms with Crippen LogP contribution in [0.4, 0.5) is 0 Å². The molecule has 0 atom stereocenters. The van der Waals surface area contributed by atoms with E-state index in [9.17, 15) is 4.79 Å². The standard InChI is InChI=1S/C12H12N2O/c13-12(15)7-11-6-10(8-14-11)9-4-2-1-3-5-9/h1-6,8,14H,7H2,(H2,13,15). The Bertz CT molecular complexity index is 459. The van der Waals surface area contributed by atoms with E-state index in [2.05, 4.69) is 4.98 Å². The van der Waals surface area contributed by atoms with Crippen LogP contribution in [0.25, 0.3) is 11.1 Å². The molecule has 1 amide bonds. The highest BCUT2D eigenvalue weighted by Crippen LogP contribution is 2.19. The zero-order chi connectivity index (χ0) is 10.7. The highest BCUT2D eigenvalue weighted by molar-refractivity contribution is 5.77. The minimum atomic E-state index is -0.323. The van der Waals surface area contributed by atoms with Gasteiger partial charge in [-0.15, -0.1) is 0 Å². The summed E-state index contributed by atoms with van der Waals surface area (Å²) in [5, 5.41) is 0. The Morgan fingerprint density at radius 1 is 1.20 bits per heavy atom. The van der Waals surface area contributed by atoms with Crippen LogP contribution in [0.15, 0.2) is 42.6 Å². The lowest BCUT2D eigenvalue weighted by Crippen LogP contribution is -2.13. The van der Waals surface area contributed by atoms with Crippen LogP contribution < -0.4 is 5.73 Å². The highest BCUT2D eigenvalue weighted by Gasteiger charge is 2.03. The molecule has 3 nitrogen and oxygen atoms in total. The second kappa shape index (κ2) is 4.00. The summed E-state index contributed by atoms with van der Waals surface area (Å²) in [6.07, 6.45) is 2.14. The summed E-state index contributed by atoms with van der Waals surface area (Å²) in [6, 6.07) is 11.9. The van der Waals surface area contributed by atoms with E-state index in [0.29, 0.717) is 0 Å². The molecule has 3 N–H and O–H groups in total. The Balaban J connectivity index is 2.24. The third-order valence-electron chi connectivity index (χ3n) is 2.21. The molecule has 3 heteroatoms. The Morgan fingerprint density at radius 3 is 2.60 bits per heavy atom. The molecule has 0 saturated heterocycles. The largest absolute Gasteiger partial charge is 0.369 e. The molecule has 0 fully saturated rings. The van der Waals surface area contributed by atoms with Gasteiger partial charge in [0.2, 0.25) is 5.91 Å². The molecule has 1 aromatic carbocycles. The first-order valence-corrected chi connectivity index (χ1v) is 4.77. The van der Waals surface area contributed by atoms with Crippen molar-refractivity contribution in [2.45, 2.75) is 6.42 Å². The van der Waals surface area contributed by atoms with E-state index in [-0.39, 0.29) is 12.3 Å². The van der Waals surface area contributed by atoms with E-state index in [1.807, 2.05) is 42.6 Å². The maximum absolute atomic E-state index is 10.7. The van der Waals surface area contributed by atoms with Gasteiger partial charge in [-0.2, -0.15) is 0 Å². The minimum Gasteiger partial charge on any atom is -0.369 e. The molecular weight excluding hydrogens is 188 g/mol. The molecule has 0 aliphatic carbocycles. The first-order valence-electron chi connectivity index (χ1n) is 4.77. The van der Waals surface area contributed by atoms with Crippen LogP contribution in [-0.4, -0.2) is 10.9 Å². The van der Waals surface area contributed by atoms with Crippen LogP contribution in [-0.2, 0) is 11.2 Å². The zero-order valence-electron chi connectivity index (χ0n) is 8.23. The number of nitrogens with one attached hydrogen (secondary N) is 1. The van der Waals surface area contributed by atoms with Gasteiger partial charge in [-0.1, -0.05) is 30.3 Å². The molecule has 1 aromatic heterocycles. The molecule has 76 valence electrons. The smallest absolute Gasteiger partial charge is 0.223 e. The van der Waals surface area contributed by atoms with Gasteiger partial charge in [-0.05, 0) is 17.2 Å². The van der Waals surface area contributed by atoms with Crippen molar-refractivity contribution in [3.63, 3.8) is 0 Å². The lowest BCUT2D eigenvalue weighted by Gasteiger charge is -1.94. The summed E-state index contributed by atoms with van der Waals surface area (Å²) >= 11 is 0. The third-order valence-corrected chi connectivity index (χ3v) is 2.21. The summed E-state index contributed by atoms with van der Waals surface area (Å²) in [6.45, 7) is 0. The average Bonchev–Trinajstić information content (AvgIpc) is 2.67. The fourth-order valence-electron chi connectivity index (χ4n) is 1.53. The van der Waals surface area contributed by atoms with Crippen molar-refractivity contribution in [1.82, 2.24) is 4.98 Å². The van der Waals surface area contributed by atoms with E-state index in [0.717, 1.165) is 16.8 Å². The fraction of sp³-hybridized carbons (Fsp3) is 0.0833. The highest BCUT2D eigenvalue weighted by atomic mass is 16.1. The van der Waals surface area contributed by atoms with Crippen LogP contribution in [0.5, 0.6) is 0 Å². The number of H-pyrrole nitrogens is 1. The van der Waals surface area contributed by atoms with Gasteiger partial charge in [0.25, 0.3) is 0 Å². The number of hydrogen-bond acceptors (Lipinski definition) is 1. The normalized spacial score (nSPS) is 10.1. The zero-order valence-corrected chi connectivity index (χ0v) is 8.23. The van der Waals surface area contributed by atoms with Crippen molar-refractivity contribution >= 4 is 5.91 Å². The first-order chi connectivity index (χ1) is 7.25. The summed E-state index contributed by atoms with van der Waals surface area (Å²) in [7, 11) is 0. The molecule has 2 rings (SSSR count). The quantitative estimate of drug-likeness (QED) is 0.778. The van der Waals surface area contributed by atoms with Gasteiger partial charge in [0.1, 0.15) is 0 Å². The van der Waals surface area contributed by atoms with Crippen LogP contribution in [0, 0.1) is 0 Å². The molecule has 0 saturated carbocycles. The van der Waals surface area contributed by atoms with E-state index >= 15 is 0 Å². The van der Waals surface area contributed by atoms with Crippen LogP contribution in [0.1, 0.15) is 5.69 Å². The van der Waals surface area contributed by atoms with Gasteiger partial charge >= 0.3 is 0 Å². The predicted octanol–water partition coefficient (Wildman–Crippen LogP) is 1.71. The van der Waals surface area contributed by atoms with Gasteiger partial charge in [-0.25, -0.2) is 0 Å². The number of primary amides is 1. The first kappa shape index (κ1) is 9.52. The van der Waals surface area contributed by atoms with Gasteiger partial charge in [0.05, 0.1) is 6.42 Å². The van der Waals surface area contributed by atoms with E-state index in [1.165, 1.54) is 0 Å². The molecule has 0 spiro atoms. The summed E-state index contributed by atoms with van der Waals surface area (Å²) in [5.41, 5.74) is 8.17. The van der Waals surface area contributed by atoms with Gasteiger partial charge in [-0.3, -0.25) is 4.79 Å². The molecule has 0 unspecified atom stereocenters. The van der Waals surface area contributed by atoms with Crippen LogP contribution >= 0.6 is 0 Å². The molecule has 0 bridgehead atoms. The number of carbonyl (C=O) groups excluding carboxylic acids is 1. The average molecular weight is 200 g/mol. The van der Waals surface area contributed by atoms with Crippen molar-refractivity contribution in [2.75, 3.05) is 0 Å². The Kier molecular flexibility index (Phi) is 2.54. The number of aromatic amines is 1. The predicted molar refractivity (Wildman–Crippen MR) is 59.1 cm³/mol. The number of aromatic nitrogens is 1. The van der Waals surface area contributed by atoms with Crippen molar-refractivity contribution < 1.29 is 4.79 Å². The number of rotatable bonds is 3. The van der Waals surface area contributed by atoms with Crippen molar-refractivity contribution in [1.29, 1.82) is 0 Å². The van der Waals surface area contributed by atoms with Gasteiger partial charge in [0, 0.05) is 11.9 Å². The maximum atomic E-state index is 10.7. The van der Waals surface area contributed by atoms with Crippen molar-refractivity contribution in [3.05, 3.63) is 48.3 Å². The summed E-state index contributed by atoms with van der Waals surface area (Å²) in [4.78, 5) is 13.8. The van der Waals surface area contributed by atoms with Crippen molar-refractivity contribution in [2.24, 2.45) is 5.73 Å². The molecule has 0 radical (unpaired) electrons. The minimum absolute atomic E-state index is 0.257. The fourth-order valence-corrected chi connectivity index (χ4v) is 1.53. The number of benzene rings is 1. The van der Waals surface area contributed by atoms with Crippen LogP contribution in [0.3, 0.4) is 0 Å². The van der Waals surface area contributed by atoms with Gasteiger partial charge < -0.3 is 10.7 Å². The monoisotopic (exact) mass is 200 g/mol. The Morgan fingerprint density at radius 2 is 1.93 bits per heavy atom. The second-order valence-corrected chi connectivity index (χ2v) is 3.42. The van der Waals surface area contributed by atoms with Crippen molar-refractivity contribution in [3.8, 4) is 11.1 Å². The molecule has 2 aromatic rings. The number of nitrogens with two attached hydrogens (primary N) is 1. The Hall–Kier alpha value is -2.03. The van der Waals surface area contributed by atoms with Crippen LogP contribution in [0.2, 0.25) is 0 Å².